The highest BCUT2D eigenvalue weighted by Crippen LogP contribution is 2.41. The number of ether oxygens (including phenoxy) is 1. The molecular formula is C21H26N4O4. The zero-order chi connectivity index (χ0) is 20.3. The van der Waals surface area contributed by atoms with Crippen LogP contribution in [-0.4, -0.2) is 54.6 Å². The summed E-state index contributed by atoms with van der Waals surface area (Å²) in [5, 5.41) is 7.06. The Morgan fingerprint density at radius 2 is 2.10 bits per heavy atom. The molecule has 2 saturated heterocycles. The standard InChI is InChI=1S/C21H26N4O4/c26-18-8-6-17(23-24-18)7-9-19(27)25-11-16-12-29-14-21(16,13-25)20(28)22-10-15-4-2-1-3-5-15/h1-5,16H,6-14H2,(H,22,28)(H,24,26)/t16-,21-/m0/s1. The van der Waals surface area contributed by atoms with Crippen LogP contribution in [0.2, 0.25) is 0 Å². The predicted octanol–water partition coefficient (Wildman–Crippen LogP) is 0.824. The minimum absolute atomic E-state index is 0.0218. The van der Waals surface area contributed by atoms with Crippen LogP contribution in [0.5, 0.6) is 0 Å². The highest BCUT2D eigenvalue weighted by molar-refractivity contribution is 5.94. The second-order valence-electron chi connectivity index (χ2n) is 8.02. The first-order chi connectivity index (χ1) is 14.1. The minimum Gasteiger partial charge on any atom is -0.380 e. The van der Waals surface area contributed by atoms with Crippen molar-refractivity contribution in [1.29, 1.82) is 0 Å². The fourth-order valence-corrected chi connectivity index (χ4v) is 4.30. The second-order valence-corrected chi connectivity index (χ2v) is 8.02. The van der Waals surface area contributed by atoms with E-state index in [4.69, 9.17) is 4.74 Å². The SMILES string of the molecule is O=C1CCC(CCC(=O)N2C[C@H]3COC[C@@]3(C(=O)NCc3ccccc3)C2)=NN1. The lowest BCUT2D eigenvalue weighted by atomic mass is 9.80. The molecular weight excluding hydrogens is 372 g/mol. The number of fused-ring (bicyclic) bond motifs is 1. The van der Waals surface area contributed by atoms with E-state index in [1.165, 1.54) is 0 Å². The molecule has 154 valence electrons. The van der Waals surface area contributed by atoms with E-state index in [-0.39, 0.29) is 23.6 Å². The zero-order valence-electron chi connectivity index (χ0n) is 16.4. The van der Waals surface area contributed by atoms with Gasteiger partial charge in [0.1, 0.15) is 0 Å². The van der Waals surface area contributed by atoms with Crippen molar-refractivity contribution in [2.24, 2.45) is 16.4 Å². The Labute approximate surface area is 169 Å². The molecule has 1 aromatic carbocycles. The fraction of sp³-hybridized carbons (Fsp3) is 0.524. The van der Waals surface area contributed by atoms with E-state index in [9.17, 15) is 14.4 Å². The number of hydrogen-bond donors (Lipinski definition) is 2. The van der Waals surface area contributed by atoms with E-state index in [1.54, 1.807) is 4.90 Å². The van der Waals surface area contributed by atoms with Crippen LogP contribution in [0.3, 0.4) is 0 Å². The maximum absolute atomic E-state index is 13.0. The van der Waals surface area contributed by atoms with Crippen LogP contribution in [0.1, 0.15) is 31.2 Å². The molecule has 29 heavy (non-hydrogen) atoms. The number of benzene rings is 1. The molecule has 4 rings (SSSR count). The summed E-state index contributed by atoms with van der Waals surface area (Å²) in [7, 11) is 0. The summed E-state index contributed by atoms with van der Waals surface area (Å²) >= 11 is 0. The number of rotatable bonds is 6. The molecule has 8 nitrogen and oxygen atoms in total. The molecule has 0 saturated carbocycles. The molecule has 1 aromatic rings. The van der Waals surface area contributed by atoms with Gasteiger partial charge in [0.2, 0.25) is 17.7 Å². The van der Waals surface area contributed by atoms with Gasteiger partial charge in [0.05, 0.1) is 18.6 Å². The summed E-state index contributed by atoms with van der Waals surface area (Å²) in [4.78, 5) is 38.7. The van der Waals surface area contributed by atoms with Crippen LogP contribution in [0.25, 0.3) is 0 Å². The Morgan fingerprint density at radius 1 is 1.28 bits per heavy atom. The van der Waals surface area contributed by atoms with E-state index in [0.717, 1.165) is 11.3 Å². The molecule has 3 heterocycles. The molecule has 0 bridgehead atoms. The molecule has 0 aliphatic carbocycles. The molecule has 0 aromatic heterocycles. The molecule has 2 fully saturated rings. The maximum atomic E-state index is 13.0. The van der Waals surface area contributed by atoms with Crippen LogP contribution in [-0.2, 0) is 25.7 Å². The average molecular weight is 398 g/mol. The van der Waals surface area contributed by atoms with Gasteiger partial charge in [-0.25, -0.2) is 5.43 Å². The van der Waals surface area contributed by atoms with Crippen LogP contribution >= 0.6 is 0 Å². The van der Waals surface area contributed by atoms with Gasteiger partial charge in [-0.2, -0.15) is 5.10 Å². The lowest BCUT2D eigenvalue weighted by Gasteiger charge is -2.26. The van der Waals surface area contributed by atoms with Crippen molar-refractivity contribution in [1.82, 2.24) is 15.6 Å². The Hall–Kier alpha value is -2.74. The third-order valence-electron chi connectivity index (χ3n) is 6.08. The summed E-state index contributed by atoms with van der Waals surface area (Å²) in [6.07, 6.45) is 1.89. The maximum Gasteiger partial charge on any atom is 0.240 e. The predicted molar refractivity (Wildman–Crippen MR) is 106 cm³/mol. The van der Waals surface area contributed by atoms with Crippen molar-refractivity contribution < 1.29 is 19.1 Å². The van der Waals surface area contributed by atoms with Crippen molar-refractivity contribution in [3.8, 4) is 0 Å². The molecule has 0 radical (unpaired) electrons. The van der Waals surface area contributed by atoms with Crippen LogP contribution in [0.15, 0.2) is 35.4 Å². The van der Waals surface area contributed by atoms with E-state index < -0.39 is 5.41 Å². The smallest absolute Gasteiger partial charge is 0.240 e. The number of carbonyl (C=O) groups excluding carboxylic acids is 3. The number of carbonyl (C=O) groups is 3. The van der Waals surface area contributed by atoms with Gasteiger partial charge in [0.15, 0.2) is 0 Å². The van der Waals surface area contributed by atoms with Crippen molar-refractivity contribution >= 4 is 23.4 Å². The van der Waals surface area contributed by atoms with E-state index in [2.05, 4.69) is 15.8 Å². The lowest BCUT2D eigenvalue weighted by Crippen LogP contribution is -2.46. The monoisotopic (exact) mass is 398 g/mol. The first kappa shape index (κ1) is 19.6. The average Bonchev–Trinajstić information content (AvgIpc) is 3.31. The number of amides is 3. The quantitative estimate of drug-likeness (QED) is 0.741. The van der Waals surface area contributed by atoms with Crippen molar-refractivity contribution in [2.75, 3.05) is 26.3 Å². The highest BCUT2D eigenvalue weighted by atomic mass is 16.5. The molecule has 3 aliphatic heterocycles. The molecule has 2 N–H and O–H groups in total. The first-order valence-corrected chi connectivity index (χ1v) is 10.1. The largest absolute Gasteiger partial charge is 0.380 e. The fourth-order valence-electron chi connectivity index (χ4n) is 4.30. The third kappa shape index (κ3) is 4.17. The van der Waals surface area contributed by atoms with Gasteiger partial charge in [0.25, 0.3) is 0 Å². The summed E-state index contributed by atoms with van der Waals surface area (Å²) in [6.45, 7) is 2.25. The first-order valence-electron chi connectivity index (χ1n) is 10.1. The number of likely N-dealkylation sites (tertiary alicyclic amines) is 1. The molecule has 0 spiro atoms. The van der Waals surface area contributed by atoms with Crippen LogP contribution < -0.4 is 10.7 Å². The Bertz CT molecular complexity index is 825. The zero-order valence-corrected chi connectivity index (χ0v) is 16.4. The summed E-state index contributed by atoms with van der Waals surface area (Å²) in [5.74, 6) is -0.0859. The topological polar surface area (TPSA) is 100 Å². The van der Waals surface area contributed by atoms with E-state index >= 15 is 0 Å². The number of hydrazone groups is 1. The highest BCUT2D eigenvalue weighted by Gasteiger charge is 2.56. The van der Waals surface area contributed by atoms with Gasteiger partial charge >= 0.3 is 0 Å². The summed E-state index contributed by atoms with van der Waals surface area (Å²) in [6, 6.07) is 9.78. The minimum atomic E-state index is -0.666. The molecule has 0 unspecified atom stereocenters. The van der Waals surface area contributed by atoms with Crippen molar-refractivity contribution in [2.45, 2.75) is 32.2 Å². The van der Waals surface area contributed by atoms with Gasteiger partial charge in [-0.05, 0) is 18.4 Å². The number of nitrogens with zero attached hydrogens (tertiary/aromatic N) is 2. The molecule has 2 atom stereocenters. The third-order valence-corrected chi connectivity index (χ3v) is 6.08. The Balaban J connectivity index is 1.34. The van der Waals surface area contributed by atoms with Crippen molar-refractivity contribution in [3.63, 3.8) is 0 Å². The molecule has 3 aliphatic rings. The van der Waals surface area contributed by atoms with Crippen LogP contribution in [0.4, 0.5) is 0 Å². The lowest BCUT2D eigenvalue weighted by molar-refractivity contribution is -0.134. The van der Waals surface area contributed by atoms with Crippen LogP contribution in [0, 0.1) is 11.3 Å². The number of hydrogen-bond acceptors (Lipinski definition) is 5. The summed E-state index contributed by atoms with van der Waals surface area (Å²) in [5.41, 5.74) is 3.68. The summed E-state index contributed by atoms with van der Waals surface area (Å²) < 4.78 is 5.62. The normalized spacial score (nSPS) is 25.9. The van der Waals surface area contributed by atoms with Gasteiger partial charge in [-0.15, -0.1) is 0 Å². The molecule has 8 heteroatoms. The van der Waals surface area contributed by atoms with Gasteiger partial charge < -0.3 is 15.0 Å². The number of nitrogens with one attached hydrogen (secondary N) is 2. The Kier molecular flexibility index (Phi) is 5.62. The van der Waals surface area contributed by atoms with E-state index in [1.807, 2.05) is 30.3 Å². The van der Waals surface area contributed by atoms with Gasteiger partial charge in [-0.1, -0.05) is 30.3 Å². The molecule has 3 amide bonds. The Morgan fingerprint density at radius 3 is 2.86 bits per heavy atom. The van der Waals surface area contributed by atoms with Gasteiger partial charge in [-0.3, -0.25) is 14.4 Å². The second kappa shape index (κ2) is 8.32. The van der Waals surface area contributed by atoms with Gasteiger partial charge in [0, 0.05) is 44.1 Å². The van der Waals surface area contributed by atoms with E-state index in [0.29, 0.717) is 58.5 Å². The van der Waals surface area contributed by atoms with Crippen molar-refractivity contribution in [3.05, 3.63) is 35.9 Å².